The molecule has 0 aromatic heterocycles. The lowest BCUT2D eigenvalue weighted by molar-refractivity contribution is -0.262. The molecule has 35 heavy (non-hydrogen) atoms. The van der Waals surface area contributed by atoms with E-state index in [-0.39, 0.29) is 28.6 Å². The molecule has 5 rings (SSSR count). The van der Waals surface area contributed by atoms with Crippen LogP contribution >= 0.6 is 0 Å². The number of aliphatic hydroxyl groups excluding tert-OH is 1. The molecule has 10 atom stereocenters. The molecule has 0 radical (unpaired) electrons. The Labute approximate surface area is 210 Å². The van der Waals surface area contributed by atoms with Gasteiger partial charge in [0.2, 0.25) is 0 Å². The van der Waals surface area contributed by atoms with E-state index in [1.165, 1.54) is 39.5 Å². The van der Waals surface area contributed by atoms with E-state index >= 15 is 0 Å². The van der Waals surface area contributed by atoms with Crippen LogP contribution in [0.1, 0.15) is 93.4 Å². The first kappa shape index (κ1) is 25.1. The third kappa shape index (κ3) is 3.44. The van der Waals surface area contributed by atoms with E-state index < -0.39 is 29.9 Å². The maximum Gasteiger partial charge on any atom is 0.305 e. The number of carbonyl (C=O) groups is 2. The summed E-state index contributed by atoms with van der Waals surface area (Å²) in [6.07, 6.45) is 7.26. The van der Waals surface area contributed by atoms with Crippen LogP contribution in [-0.4, -0.2) is 35.5 Å². The second-order valence-corrected chi connectivity index (χ2v) is 13.7. The van der Waals surface area contributed by atoms with Gasteiger partial charge in [0.05, 0.1) is 18.3 Å². The summed E-state index contributed by atoms with van der Waals surface area (Å²) in [6.45, 7) is 14.8. The highest BCUT2D eigenvalue weighted by molar-refractivity contribution is 5.67. The van der Waals surface area contributed by atoms with Crippen molar-refractivity contribution in [1.29, 1.82) is 0 Å². The molecule has 196 valence electrons. The van der Waals surface area contributed by atoms with Crippen LogP contribution < -0.4 is 0 Å². The highest BCUT2D eigenvalue weighted by Crippen LogP contribution is 2.74. The minimum absolute atomic E-state index is 0.0139. The summed E-state index contributed by atoms with van der Waals surface area (Å²) >= 11 is 0. The van der Waals surface area contributed by atoms with Gasteiger partial charge in [0.1, 0.15) is 6.10 Å². The zero-order valence-electron chi connectivity index (χ0n) is 22.6. The van der Waals surface area contributed by atoms with E-state index in [0.717, 1.165) is 18.4 Å². The van der Waals surface area contributed by atoms with Gasteiger partial charge < -0.3 is 19.3 Å². The van der Waals surface area contributed by atoms with Crippen molar-refractivity contribution in [1.82, 2.24) is 0 Å². The Hall–Kier alpha value is -1.56. The molecule has 0 saturated heterocycles. The predicted molar refractivity (Wildman–Crippen MR) is 131 cm³/mol. The minimum Gasteiger partial charge on any atom is -0.462 e. The van der Waals surface area contributed by atoms with Gasteiger partial charge in [-0.1, -0.05) is 41.0 Å². The van der Waals surface area contributed by atoms with Gasteiger partial charge in [0, 0.05) is 24.8 Å². The van der Waals surface area contributed by atoms with Crippen LogP contribution in [0.4, 0.5) is 0 Å². The maximum absolute atomic E-state index is 12.1. The molecule has 1 unspecified atom stereocenters. The smallest absolute Gasteiger partial charge is 0.305 e. The minimum atomic E-state index is -0.802. The van der Waals surface area contributed by atoms with Crippen molar-refractivity contribution in [2.45, 2.75) is 112 Å². The Kier molecular flexibility index (Phi) is 5.71. The standard InChI is InChI=1S/C29H44O6/c1-16(30)34-19-13-22-28(6)12-9-20-26(3,4)10-8-11-27(20,5)21(28)14-23(32)29(22,7)24-18(19)15-33-25(24)35-17(2)31/h15,19-25,32H,8-14H2,1-7H3/t19-,20-,21+,22-,23+,24?,25-,27-,28+,29+/m0/s1. The van der Waals surface area contributed by atoms with Gasteiger partial charge >= 0.3 is 11.9 Å². The average Bonchev–Trinajstić information content (AvgIpc) is 3.15. The Morgan fingerprint density at radius 3 is 2.23 bits per heavy atom. The molecule has 1 aliphatic heterocycles. The number of fused-ring (bicyclic) bond motifs is 7. The Morgan fingerprint density at radius 1 is 0.914 bits per heavy atom. The Morgan fingerprint density at radius 2 is 1.57 bits per heavy atom. The van der Waals surface area contributed by atoms with Crippen LogP contribution in [0.2, 0.25) is 0 Å². The van der Waals surface area contributed by atoms with Gasteiger partial charge in [-0.2, -0.15) is 0 Å². The SMILES string of the molecule is CC(=O)O[C@@H]1OC=C2C1[C@@]1(C)[C@H](O)C[C@@H]3[C@@]4(C)CCCC(C)(C)[C@@H]4CC[C@@]3(C)[C@@H]1C[C@@H]2OC(C)=O. The predicted octanol–water partition coefficient (Wildman–Crippen LogP) is 5.38. The van der Waals surface area contributed by atoms with Gasteiger partial charge in [-0.15, -0.1) is 0 Å². The summed E-state index contributed by atoms with van der Waals surface area (Å²) in [5, 5.41) is 12.0. The second-order valence-electron chi connectivity index (χ2n) is 13.7. The highest BCUT2D eigenvalue weighted by Gasteiger charge is 2.71. The normalized spacial score (nSPS) is 49.8. The Balaban J connectivity index is 1.59. The third-order valence-corrected chi connectivity index (χ3v) is 11.6. The summed E-state index contributed by atoms with van der Waals surface area (Å²) in [4.78, 5) is 24.1. The van der Waals surface area contributed by atoms with Crippen molar-refractivity contribution in [2.24, 2.45) is 45.3 Å². The van der Waals surface area contributed by atoms with Crippen LogP contribution in [0, 0.1) is 45.3 Å². The van der Waals surface area contributed by atoms with Crippen LogP contribution in [-0.2, 0) is 23.8 Å². The lowest BCUT2D eigenvalue weighted by Crippen LogP contribution is -2.68. The average molecular weight is 489 g/mol. The number of esters is 2. The van der Waals surface area contributed by atoms with Crippen molar-refractivity contribution < 1.29 is 28.9 Å². The summed E-state index contributed by atoms with van der Waals surface area (Å²) in [5.41, 5.74) is 0.760. The van der Waals surface area contributed by atoms with Crippen molar-refractivity contribution in [3.8, 4) is 0 Å². The molecule has 6 nitrogen and oxygen atoms in total. The van der Waals surface area contributed by atoms with E-state index in [9.17, 15) is 14.7 Å². The van der Waals surface area contributed by atoms with Crippen molar-refractivity contribution in [2.75, 3.05) is 0 Å². The van der Waals surface area contributed by atoms with E-state index in [1.807, 2.05) is 0 Å². The largest absolute Gasteiger partial charge is 0.462 e. The number of rotatable bonds is 2. The van der Waals surface area contributed by atoms with E-state index in [1.54, 1.807) is 6.26 Å². The van der Waals surface area contributed by atoms with E-state index in [0.29, 0.717) is 23.7 Å². The van der Waals surface area contributed by atoms with Gasteiger partial charge in [-0.25, -0.2) is 0 Å². The molecule has 4 saturated carbocycles. The van der Waals surface area contributed by atoms with Crippen LogP contribution in [0.3, 0.4) is 0 Å². The molecule has 6 heteroatoms. The van der Waals surface area contributed by atoms with Crippen LogP contribution in [0.25, 0.3) is 0 Å². The lowest BCUT2D eigenvalue weighted by atomic mass is 9.34. The quantitative estimate of drug-likeness (QED) is 0.526. The van der Waals surface area contributed by atoms with Gasteiger partial charge in [0.15, 0.2) is 0 Å². The fourth-order valence-corrected chi connectivity index (χ4v) is 10.3. The molecule has 0 bridgehead atoms. The number of ether oxygens (including phenoxy) is 3. The monoisotopic (exact) mass is 488 g/mol. The molecule has 4 fully saturated rings. The zero-order valence-corrected chi connectivity index (χ0v) is 22.6. The van der Waals surface area contributed by atoms with Gasteiger partial charge in [-0.05, 0) is 72.5 Å². The lowest BCUT2D eigenvalue weighted by Gasteiger charge is -2.71. The van der Waals surface area contributed by atoms with Crippen molar-refractivity contribution in [3.05, 3.63) is 11.8 Å². The molecule has 4 aliphatic carbocycles. The van der Waals surface area contributed by atoms with Gasteiger partial charge in [-0.3, -0.25) is 9.59 Å². The topological polar surface area (TPSA) is 82.1 Å². The van der Waals surface area contributed by atoms with E-state index in [2.05, 4.69) is 34.6 Å². The van der Waals surface area contributed by atoms with Crippen molar-refractivity contribution in [3.63, 3.8) is 0 Å². The zero-order chi connectivity index (χ0) is 25.6. The molecular formula is C29H44O6. The molecule has 0 aromatic rings. The van der Waals surface area contributed by atoms with Crippen LogP contribution in [0.5, 0.6) is 0 Å². The maximum atomic E-state index is 12.1. The molecule has 1 heterocycles. The molecule has 5 aliphatic rings. The second kappa shape index (κ2) is 7.97. The molecule has 0 aromatic carbocycles. The summed E-state index contributed by atoms with van der Waals surface area (Å²) in [6, 6.07) is 0. The number of carbonyl (C=O) groups excluding carboxylic acids is 2. The summed E-state index contributed by atoms with van der Waals surface area (Å²) in [7, 11) is 0. The third-order valence-electron chi connectivity index (χ3n) is 11.6. The molecular weight excluding hydrogens is 444 g/mol. The molecule has 0 spiro atoms. The summed E-state index contributed by atoms with van der Waals surface area (Å²) in [5.74, 6) is 0.0707. The Bertz CT molecular complexity index is 939. The number of hydrogen-bond donors (Lipinski definition) is 1. The van der Waals surface area contributed by atoms with Crippen LogP contribution in [0.15, 0.2) is 11.8 Å². The van der Waals surface area contributed by atoms with E-state index in [4.69, 9.17) is 14.2 Å². The van der Waals surface area contributed by atoms with Crippen molar-refractivity contribution >= 4 is 11.9 Å². The summed E-state index contributed by atoms with van der Waals surface area (Å²) < 4.78 is 17.4. The molecule has 0 amide bonds. The number of hydrogen-bond acceptors (Lipinski definition) is 6. The fourth-order valence-electron chi connectivity index (χ4n) is 10.3. The first-order chi connectivity index (χ1) is 16.2. The molecule has 1 N–H and O–H groups in total. The van der Waals surface area contributed by atoms with Gasteiger partial charge in [0.25, 0.3) is 6.29 Å². The first-order valence-electron chi connectivity index (χ1n) is 13.6. The highest BCUT2D eigenvalue weighted by atomic mass is 16.7. The number of aliphatic hydroxyl groups is 1. The first-order valence-corrected chi connectivity index (χ1v) is 13.6. The fraction of sp³-hybridized carbons (Fsp3) is 0.862.